The summed E-state index contributed by atoms with van der Waals surface area (Å²) in [5.74, 6) is 1.18. The number of carbonyl (C=O) groups is 1. The molecular weight excluding hydrogens is 342 g/mol. The standard InChI is InChI=1S/C21H15N3O3/c25-19(12-11-18-10-5-13-26-18)22-17-9-4-8-16(14-17)21-24-23-20(27-21)15-6-2-1-3-7-15/h1-14H,(H,22,25)/b12-11+. The molecule has 0 radical (unpaired) electrons. The molecule has 2 heterocycles. The van der Waals surface area contributed by atoms with Crippen molar-refractivity contribution in [2.24, 2.45) is 0 Å². The fourth-order valence-corrected chi connectivity index (χ4v) is 2.50. The van der Waals surface area contributed by atoms with Gasteiger partial charge in [-0.1, -0.05) is 24.3 Å². The smallest absolute Gasteiger partial charge is 0.248 e. The molecule has 0 bridgehead atoms. The van der Waals surface area contributed by atoms with Gasteiger partial charge in [0.25, 0.3) is 0 Å². The third-order valence-corrected chi connectivity index (χ3v) is 3.76. The van der Waals surface area contributed by atoms with Gasteiger partial charge in [0.05, 0.1) is 6.26 Å². The number of amides is 1. The summed E-state index contributed by atoms with van der Waals surface area (Å²) in [6, 6.07) is 20.3. The van der Waals surface area contributed by atoms with Crippen LogP contribution in [0, 0.1) is 0 Å². The highest BCUT2D eigenvalue weighted by molar-refractivity contribution is 6.02. The highest BCUT2D eigenvalue weighted by atomic mass is 16.4. The van der Waals surface area contributed by atoms with Crippen molar-refractivity contribution in [3.8, 4) is 22.9 Å². The molecule has 0 unspecified atom stereocenters. The number of benzene rings is 2. The van der Waals surface area contributed by atoms with Crippen LogP contribution < -0.4 is 5.32 Å². The number of carbonyl (C=O) groups excluding carboxylic acids is 1. The van der Waals surface area contributed by atoms with Gasteiger partial charge in [0, 0.05) is 22.9 Å². The topological polar surface area (TPSA) is 81.2 Å². The Kier molecular flexibility index (Phi) is 4.61. The zero-order valence-corrected chi connectivity index (χ0v) is 14.2. The average Bonchev–Trinajstić information content (AvgIpc) is 3.39. The minimum Gasteiger partial charge on any atom is -0.465 e. The summed E-state index contributed by atoms with van der Waals surface area (Å²) in [4.78, 5) is 12.1. The molecule has 27 heavy (non-hydrogen) atoms. The van der Waals surface area contributed by atoms with Gasteiger partial charge in [-0.3, -0.25) is 4.79 Å². The number of anilines is 1. The van der Waals surface area contributed by atoms with Crippen LogP contribution in [0.25, 0.3) is 29.0 Å². The molecular formula is C21H15N3O3. The lowest BCUT2D eigenvalue weighted by Crippen LogP contribution is -2.07. The fraction of sp³-hybridized carbons (Fsp3) is 0. The Morgan fingerprint density at radius 3 is 2.44 bits per heavy atom. The second-order valence-corrected chi connectivity index (χ2v) is 5.70. The van der Waals surface area contributed by atoms with E-state index in [0.29, 0.717) is 23.2 Å². The number of rotatable bonds is 5. The molecule has 0 aliphatic heterocycles. The number of aromatic nitrogens is 2. The Morgan fingerprint density at radius 2 is 1.67 bits per heavy atom. The van der Waals surface area contributed by atoms with E-state index in [0.717, 1.165) is 11.1 Å². The summed E-state index contributed by atoms with van der Waals surface area (Å²) in [6.45, 7) is 0. The zero-order valence-electron chi connectivity index (χ0n) is 14.2. The van der Waals surface area contributed by atoms with Gasteiger partial charge >= 0.3 is 0 Å². The second-order valence-electron chi connectivity index (χ2n) is 5.70. The molecule has 4 rings (SSSR count). The van der Waals surface area contributed by atoms with Crippen LogP contribution in [0.1, 0.15) is 5.76 Å². The van der Waals surface area contributed by atoms with Gasteiger partial charge < -0.3 is 14.2 Å². The van der Waals surface area contributed by atoms with Crippen molar-refractivity contribution < 1.29 is 13.6 Å². The van der Waals surface area contributed by atoms with Gasteiger partial charge in [0.2, 0.25) is 17.7 Å². The lowest BCUT2D eigenvalue weighted by Gasteiger charge is -2.03. The maximum Gasteiger partial charge on any atom is 0.248 e. The average molecular weight is 357 g/mol. The van der Waals surface area contributed by atoms with E-state index >= 15 is 0 Å². The van der Waals surface area contributed by atoms with Crippen LogP contribution in [0.5, 0.6) is 0 Å². The molecule has 6 nitrogen and oxygen atoms in total. The maximum atomic E-state index is 12.1. The lowest BCUT2D eigenvalue weighted by atomic mass is 10.2. The van der Waals surface area contributed by atoms with Crippen molar-refractivity contribution in [2.45, 2.75) is 0 Å². The molecule has 0 atom stereocenters. The zero-order chi connectivity index (χ0) is 18.5. The van der Waals surface area contributed by atoms with E-state index in [-0.39, 0.29) is 5.91 Å². The monoisotopic (exact) mass is 357 g/mol. The summed E-state index contributed by atoms with van der Waals surface area (Å²) in [6.07, 6.45) is 4.56. The van der Waals surface area contributed by atoms with Crippen LogP contribution in [0.3, 0.4) is 0 Å². The first-order chi connectivity index (χ1) is 13.3. The maximum absolute atomic E-state index is 12.1. The lowest BCUT2D eigenvalue weighted by molar-refractivity contribution is -0.111. The minimum absolute atomic E-state index is 0.265. The quantitative estimate of drug-likeness (QED) is 0.526. The SMILES string of the molecule is O=C(/C=C/c1ccco1)Nc1cccc(-c2nnc(-c3ccccc3)o2)c1. The predicted molar refractivity (Wildman–Crippen MR) is 102 cm³/mol. The van der Waals surface area contributed by atoms with Crippen LogP contribution in [0.15, 0.2) is 87.9 Å². The normalized spacial score (nSPS) is 11.0. The molecule has 132 valence electrons. The van der Waals surface area contributed by atoms with E-state index in [1.165, 1.54) is 6.08 Å². The molecule has 2 aromatic heterocycles. The van der Waals surface area contributed by atoms with Crippen LogP contribution in [0.2, 0.25) is 0 Å². The van der Waals surface area contributed by atoms with E-state index in [1.54, 1.807) is 36.6 Å². The summed E-state index contributed by atoms with van der Waals surface area (Å²) in [7, 11) is 0. The van der Waals surface area contributed by atoms with Crippen molar-refractivity contribution in [1.29, 1.82) is 0 Å². The Morgan fingerprint density at radius 1 is 0.889 bits per heavy atom. The number of hydrogen-bond donors (Lipinski definition) is 1. The minimum atomic E-state index is -0.265. The van der Waals surface area contributed by atoms with Crippen molar-refractivity contribution in [1.82, 2.24) is 10.2 Å². The van der Waals surface area contributed by atoms with Crippen LogP contribution in [0.4, 0.5) is 5.69 Å². The van der Waals surface area contributed by atoms with E-state index < -0.39 is 0 Å². The Hall–Kier alpha value is -3.93. The van der Waals surface area contributed by atoms with Gasteiger partial charge in [0.1, 0.15) is 5.76 Å². The van der Waals surface area contributed by atoms with Crippen LogP contribution in [-0.4, -0.2) is 16.1 Å². The van der Waals surface area contributed by atoms with E-state index in [9.17, 15) is 4.79 Å². The third-order valence-electron chi connectivity index (χ3n) is 3.76. The summed E-state index contributed by atoms with van der Waals surface area (Å²) in [5.41, 5.74) is 2.20. The van der Waals surface area contributed by atoms with Crippen molar-refractivity contribution >= 4 is 17.7 Å². The molecule has 0 aliphatic carbocycles. The van der Waals surface area contributed by atoms with Crippen LogP contribution in [-0.2, 0) is 4.79 Å². The van der Waals surface area contributed by atoms with Gasteiger partial charge in [-0.05, 0) is 48.5 Å². The molecule has 4 aromatic rings. The molecule has 1 N–H and O–H groups in total. The fourth-order valence-electron chi connectivity index (χ4n) is 2.50. The molecule has 2 aromatic carbocycles. The van der Waals surface area contributed by atoms with Crippen LogP contribution >= 0.6 is 0 Å². The van der Waals surface area contributed by atoms with Gasteiger partial charge in [0.15, 0.2) is 0 Å². The van der Waals surface area contributed by atoms with Crippen molar-refractivity contribution in [2.75, 3.05) is 5.32 Å². The molecule has 0 saturated carbocycles. The molecule has 0 spiro atoms. The second kappa shape index (κ2) is 7.53. The highest BCUT2D eigenvalue weighted by Gasteiger charge is 2.11. The Bertz CT molecular complexity index is 1070. The molecule has 0 fully saturated rings. The third kappa shape index (κ3) is 4.01. The Balaban J connectivity index is 1.49. The van der Waals surface area contributed by atoms with Crippen molar-refractivity contribution in [3.63, 3.8) is 0 Å². The van der Waals surface area contributed by atoms with Gasteiger partial charge in [-0.15, -0.1) is 10.2 Å². The van der Waals surface area contributed by atoms with Gasteiger partial charge in [-0.2, -0.15) is 0 Å². The molecule has 0 saturated heterocycles. The number of furan rings is 1. The summed E-state index contributed by atoms with van der Waals surface area (Å²) in [5, 5.41) is 11.0. The van der Waals surface area contributed by atoms with Crippen molar-refractivity contribution in [3.05, 3.63) is 84.8 Å². The highest BCUT2D eigenvalue weighted by Crippen LogP contribution is 2.25. The molecule has 0 aliphatic rings. The first-order valence-electron chi connectivity index (χ1n) is 8.30. The largest absolute Gasteiger partial charge is 0.465 e. The number of nitrogens with zero attached hydrogens (tertiary/aromatic N) is 2. The molecule has 6 heteroatoms. The number of nitrogens with one attached hydrogen (secondary N) is 1. The first kappa shape index (κ1) is 16.5. The number of hydrogen-bond acceptors (Lipinski definition) is 5. The summed E-state index contributed by atoms with van der Waals surface area (Å²) < 4.78 is 10.9. The van der Waals surface area contributed by atoms with E-state index in [1.807, 2.05) is 42.5 Å². The van der Waals surface area contributed by atoms with E-state index in [2.05, 4.69) is 15.5 Å². The van der Waals surface area contributed by atoms with Gasteiger partial charge in [-0.25, -0.2) is 0 Å². The molecule has 1 amide bonds. The Labute approximate surface area is 155 Å². The summed E-state index contributed by atoms with van der Waals surface area (Å²) >= 11 is 0. The first-order valence-corrected chi connectivity index (χ1v) is 8.30. The predicted octanol–water partition coefficient (Wildman–Crippen LogP) is 4.65. The van der Waals surface area contributed by atoms with E-state index in [4.69, 9.17) is 8.83 Å².